The molecule has 0 radical (unpaired) electrons. The van der Waals surface area contributed by atoms with Crippen molar-refractivity contribution in [3.05, 3.63) is 46.2 Å². The molecule has 1 fully saturated rings. The van der Waals surface area contributed by atoms with E-state index in [9.17, 15) is 9.59 Å². The van der Waals surface area contributed by atoms with Gasteiger partial charge in [-0.3, -0.25) is 9.59 Å². The van der Waals surface area contributed by atoms with Gasteiger partial charge in [-0.05, 0) is 31.0 Å². The summed E-state index contributed by atoms with van der Waals surface area (Å²) >= 11 is 1.42. The van der Waals surface area contributed by atoms with Crippen molar-refractivity contribution >= 4 is 44.2 Å². The Morgan fingerprint density at radius 2 is 2.12 bits per heavy atom. The van der Waals surface area contributed by atoms with Gasteiger partial charge < -0.3 is 15.3 Å². The third kappa shape index (κ3) is 2.44. The Bertz CT molecular complexity index is 1180. The molecule has 0 unspecified atom stereocenters. The molecule has 1 aromatic carbocycles. The van der Waals surface area contributed by atoms with Crippen molar-refractivity contribution in [2.75, 3.05) is 5.32 Å². The summed E-state index contributed by atoms with van der Waals surface area (Å²) in [6.07, 6.45) is 3.71. The number of thiazole rings is 1. The molecule has 0 aliphatic heterocycles. The Kier molecular flexibility index (Phi) is 3.05. The highest BCUT2D eigenvalue weighted by Gasteiger charge is 2.30. The highest BCUT2D eigenvalue weighted by Crippen LogP contribution is 2.32. The van der Waals surface area contributed by atoms with Crippen molar-refractivity contribution < 1.29 is 4.79 Å². The second-order valence-corrected chi connectivity index (χ2v) is 7.14. The largest absolute Gasteiger partial charge is 0.357 e. The first-order valence-corrected chi connectivity index (χ1v) is 8.97. The second-order valence-electron chi connectivity index (χ2n) is 6.28. The summed E-state index contributed by atoms with van der Waals surface area (Å²) in [6, 6.07) is 7.74. The molecule has 7 heteroatoms. The first kappa shape index (κ1) is 14.4. The number of nitrogens with one attached hydrogen (secondary N) is 3. The molecular weight excluding hydrogens is 336 g/mol. The molecule has 1 saturated carbocycles. The number of H-pyrrole nitrogens is 2. The quantitative estimate of drug-likeness (QED) is 0.528. The first-order valence-electron chi connectivity index (χ1n) is 8.09. The van der Waals surface area contributed by atoms with E-state index in [0.29, 0.717) is 10.6 Å². The van der Waals surface area contributed by atoms with Gasteiger partial charge >= 0.3 is 0 Å². The highest BCUT2D eigenvalue weighted by molar-refractivity contribution is 7.14. The number of rotatable bonds is 3. The molecule has 124 valence electrons. The number of amides is 1. The van der Waals surface area contributed by atoms with Crippen molar-refractivity contribution in [1.29, 1.82) is 0 Å². The van der Waals surface area contributed by atoms with E-state index in [0.717, 1.165) is 40.4 Å². The van der Waals surface area contributed by atoms with E-state index in [1.54, 1.807) is 6.20 Å². The van der Waals surface area contributed by atoms with Gasteiger partial charge in [-0.25, -0.2) is 4.98 Å². The predicted octanol–water partition coefficient (Wildman–Crippen LogP) is 3.48. The minimum absolute atomic E-state index is 0.0611. The standard InChI is InChI=1S/C18H14N4O2S/c23-16(9-1-2-9)22-18-21-14(8-25-18)10-3-4-13-12(7-10)11-5-6-19-15(11)17(24)20-13/h3-9,19H,1-2H2,(H,20,24)(H,21,22,23). The van der Waals surface area contributed by atoms with E-state index < -0.39 is 0 Å². The van der Waals surface area contributed by atoms with Crippen molar-refractivity contribution in [3.63, 3.8) is 0 Å². The summed E-state index contributed by atoms with van der Waals surface area (Å²) in [6.45, 7) is 0. The molecule has 4 aromatic rings. The molecule has 1 amide bonds. The molecule has 0 atom stereocenters. The minimum atomic E-state index is -0.126. The third-order valence-electron chi connectivity index (χ3n) is 4.51. The highest BCUT2D eigenvalue weighted by atomic mass is 32.1. The summed E-state index contributed by atoms with van der Waals surface area (Å²) in [7, 11) is 0. The van der Waals surface area contributed by atoms with Crippen molar-refractivity contribution in [1.82, 2.24) is 15.0 Å². The number of nitrogens with zero attached hydrogens (tertiary/aromatic N) is 1. The van der Waals surface area contributed by atoms with E-state index >= 15 is 0 Å². The Labute approximate surface area is 145 Å². The number of benzene rings is 1. The molecule has 3 heterocycles. The molecule has 1 aliphatic carbocycles. The van der Waals surface area contributed by atoms with E-state index in [1.165, 1.54) is 11.3 Å². The lowest BCUT2D eigenvalue weighted by Crippen LogP contribution is -2.12. The van der Waals surface area contributed by atoms with Crippen LogP contribution in [0.25, 0.3) is 33.1 Å². The molecule has 0 saturated heterocycles. The molecule has 0 bridgehead atoms. The zero-order chi connectivity index (χ0) is 17.0. The van der Waals surface area contributed by atoms with Crippen LogP contribution in [0.15, 0.2) is 40.6 Å². The molecule has 6 nitrogen and oxygen atoms in total. The summed E-state index contributed by atoms with van der Waals surface area (Å²) in [5.74, 6) is 0.220. The fraction of sp³-hybridized carbons (Fsp3) is 0.167. The predicted molar refractivity (Wildman–Crippen MR) is 98.9 cm³/mol. The molecular formula is C18H14N4O2S. The number of aromatic nitrogens is 3. The summed E-state index contributed by atoms with van der Waals surface area (Å²) in [4.78, 5) is 34.3. The summed E-state index contributed by atoms with van der Waals surface area (Å²) < 4.78 is 0. The van der Waals surface area contributed by atoms with Crippen LogP contribution in [0.4, 0.5) is 5.13 Å². The van der Waals surface area contributed by atoms with Crippen molar-refractivity contribution in [2.45, 2.75) is 12.8 Å². The Hall–Kier alpha value is -2.93. The monoisotopic (exact) mass is 350 g/mol. The number of aromatic amines is 2. The zero-order valence-corrected chi connectivity index (χ0v) is 13.9. The van der Waals surface area contributed by atoms with Crippen LogP contribution in [0, 0.1) is 5.92 Å². The van der Waals surface area contributed by atoms with Crippen LogP contribution in [0.1, 0.15) is 12.8 Å². The lowest BCUT2D eigenvalue weighted by atomic mass is 10.1. The molecule has 3 N–H and O–H groups in total. The molecule has 0 spiro atoms. The van der Waals surface area contributed by atoms with Crippen LogP contribution in [-0.2, 0) is 4.79 Å². The Morgan fingerprint density at radius 1 is 1.24 bits per heavy atom. The Morgan fingerprint density at radius 3 is 2.96 bits per heavy atom. The molecule has 1 aliphatic rings. The summed E-state index contributed by atoms with van der Waals surface area (Å²) in [5, 5.41) is 7.29. The maximum absolute atomic E-state index is 12.0. The van der Waals surface area contributed by atoms with Gasteiger partial charge in [0.15, 0.2) is 5.13 Å². The minimum Gasteiger partial charge on any atom is -0.357 e. The number of carbonyl (C=O) groups is 1. The van der Waals surface area contributed by atoms with Gasteiger partial charge in [0.25, 0.3) is 5.56 Å². The molecule has 25 heavy (non-hydrogen) atoms. The Balaban J connectivity index is 1.56. The topological polar surface area (TPSA) is 90.6 Å². The van der Waals surface area contributed by atoms with Crippen LogP contribution in [-0.4, -0.2) is 20.9 Å². The second kappa shape index (κ2) is 5.29. The zero-order valence-electron chi connectivity index (χ0n) is 13.1. The van der Waals surface area contributed by atoms with Gasteiger partial charge in [0, 0.05) is 39.3 Å². The van der Waals surface area contributed by atoms with Gasteiger partial charge in [0.1, 0.15) is 5.52 Å². The number of carbonyl (C=O) groups excluding carboxylic acids is 1. The normalized spacial score (nSPS) is 14.2. The smallest absolute Gasteiger partial charge is 0.272 e. The van der Waals surface area contributed by atoms with E-state index in [-0.39, 0.29) is 17.4 Å². The van der Waals surface area contributed by atoms with Crippen molar-refractivity contribution in [3.8, 4) is 11.3 Å². The number of pyridine rings is 1. The first-order chi connectivity index (χ1) is 12.2. The SMILES string of the molecule is O=C(Nc1nc(-c2ccc3[nH]c(=O)c4[nH]ccc4c3c2)cs1)C1CC1. The number of hydrogen-bond donors (Lipinski definition) is 3. The van der Waals surface area contributed by atoms with Gasteiger partial charge in [0.2, 0.25) is 5.91 Å². The molecule has 3 aromatic heterocycles. The lowest BCUT2D eigenvalue weighted by Gasteiger charge is -2.03. The maximum Gasteiger partial charge on any atom is 0.272 e. The van der Waals surface area contributed by atoms with Crippen LogP contribution in [0.2, 0.25) is 0 Å². The van der Waals surface area contributed by atoms with Crippen LogP contribution in [0.3, 0.4) is 0 Å². The fourth-order valence-electron chi connectivity index (χ4n) is 3.02. The van der Waals surface area contributed by atoms with Crippen LogP contribution >= 0.6 is 11.3 Å². The van der Waals surface area contributed by atoms with E-state index in [2.05, 4.69) is 20.3 Å². The van der Waals surface area contributed by atoms with Crippen LogP contribution < -0.4 is 10.9 Å². The van der Waals surface area contributed by atoms with Gasteiger partial charge in [-0.1, -0.05) is 6.07 Å². The number of fused-ring (bicyclic) bond motifs is 3. The van der Waals surface area contributed by atoms with E-state index in [1.807, 2.05) is 29.6 Å². The van der Waals surface area contributed by atoms with Gasteiger partial charge in [0.05, 0.1) is 5.69 Å². The van der Waals surface area contributed by atoms with E-state index in [4.69, 9.17) is 0 Å². The van der Waals surface area contributed by atoms with Gasteiger partial charge in [-0.15, -0.1) is 11.3 Å². The average Bonchev–Trinajstić information content (AvgIpc) is 3.16. The average molecular weight is 350 g/mol. The summed E-state index contributed by atoms with van der Waals surface area (Å²) in [5.41, 5.74) is 3.00. The van der Waals surface area contributed by atoms with Gasteiger partial charge in [-0.2, -0.15) is 0 Å². The van der Waals surface area contributed by atoms with Crippen LogP contribution in [0.5, 0.6) is 0 Å². The number of hydrogen-bond acceptors (Lipinski definition) is 4. The lowest BCUT2D eigenvalue weighted by molar-refractivity contribution is -0.117. The number of anilines is 1. The fourth-order valence-corrected chi connectivity index (χ4v) is 3.74. The van der Waals surface area contributed by atoms with Crippen molar-refractivity contribution in [2.24, 2.45) is 5.92 Å². The maximum atomic E-state index is 12.0. The third-order valence-corrected chi connectivity index (χ3v) is 5.27. The molecule has 5 rings (SSSR count).